The van der Waals surface area contributed by atoms with Crippen molar-refractivity contribution in [1.82, 2.24) is 5.32 Å². The Kier molecular flexibility index (Phi) is 9.44. The van der Waals surface area contributed by atoms with Crippen molar-refractivity contribution in [3.8, 4) is 0 Å². The fourth-order valence-corrected chi connectivity index (χ4v) is 2.64. The molecule has 1 aromatic rings. The van der Waals surface area contributed by atoms with E-state index >= 15 is 0 Å². The van der Waals surface area contributed by atoms with Crippen LogP contribution in [0.15, 0.2) is 36.9 Å². The van der Waals surface area contributed by atoms with Crippen LogP contribution >= 0.6 is 11.6 Å². The molecule has 0 aliphatic carbocycles. The van der Waals surface area contributed by atoms with Gasteiger partial charge < -0.3 is 5.32 Å². The molecule has 0 fully saturated rings. The van der Waals surface area contributed by atoms with Gasteiger partial charge in [-0.05, 0) is 56.3 Å². The van der Waals surface area contributed by atoms with E-state index in [0.29, 0.717) is 6.04 Å². The molecule has 1 N–H and O–H groups in total. The maximum Gasteiger partial charge on any atom is 0.0408 e. The average molecular weight is 294 g/mol. The molecule has 0 saturated carbocycles. The van der Waals surface area contributed by atoms with Gasteiger partial charge in [-0.15, -0.1) is 6.58 Å². The van der Waals surface area contributed by atoms with Crippen molar-refractivity contribution in [2.75, 3.05) is 6.54 Å². The lowest BCUT2D eigenvalue weighted by atomic mass is 10.00. The summed E-state index contributed by atoms with van der Waals surface area (Å²) in [5.74, 6) is 0. The summed E-state index contributed by atoms with van der Waals surface area (Å²) in [6.45, 7) is 7.08. The number of allylic oxidation sites excluding steroid dienone is 1. The summed E-state index contributed by atoms with van der Waals surface area (Å²) in [4.78, 5) is 0. The molecule has 1 unspecified atom stereocenters. The fraction of sp³-hybridized carbons (Fsp3) is 0.556. The standard InChI is InChI=1S/C18H28ClN/c1-3-5-6-7-8-12-18(20-13-4-2)15-16-10-9-11-17(19)14-16/h3,9-11,14,18,20H,1,4-8,12-13,15H2,2H3. The van der Waals surface area contributed by atoms with E-state index in [2.05, 4.69) is 31.0 Å². The van der Waals surface area contributed by atoms with Gasteiger partial charge in [-0.1, -0.05) is 49.6 Å². The molecule has 20 heavy (non-hydrogen) atoms. The molecule has 112 valence electrons. The van der Waals surface area contributed by atoms with Crippen LogP contribution in [0.4, 0.5) is 0 Å². The number of benzene rings is 1. The Balaban J connectivity index is 2.40. The normalized spacial score (nSPS) is 12.3. The summed E-state index contributed by atoms with van der Waals surface area (Å²) in [5.41, 5.74) is 1.33. The van der Waals surface area contributed by atoms with Gasteiger partial charge in [0.15, 0.2) is 0 Å². The lowest BCUT2D eigenvalue weighted by Gasteiger charge is -2.18. The minimum Gasteiger partial charge on any atom is -0.314 e. The second-order valence-corrected chi connectivity index (χ2v) is 5.85. The van der Waals surface area contributed by atoms with Crippen LogP contribution in [0.1, 0.15) is 51.0 Å². The second-order valence-electron chi connectivity index (χ2n) is 5.41. The number of rotatable bonds is 11. The molecular weight excluding hydrogens is 266 g/mol. The maximum atomic E-state index is 6.06. The molecule has 1 atom stereocenters. The zero-order chi connectivity index (χ0) is 14.6. The first-order chi connectivity index (χ1) is 9.76. The Morgan fingerprint density at radius 1 is 1.30 bits per heavy atom. The first-order valence-corrected chi connectivity index (χ1v) is 8.22. The Bertz CT molecular complexity index is 375. The summed E-state index contributed by atoms with van der Waals surface area (Å²) >= 11 is 6.06. The molecule has 0 radical (unpaired) electrons. The quantitative estimate of drug-likeness (QED) is 0.426. The molecule has 0 amide bonds. The largest absolute Gasteiger partial charge is 0.314 e. The monoisotopic (exact) mass is 293 g/mol. The van der Waals surface area contributed by atoms with Gasteiger partial charge in [0.05, 0.1) is 0 Å². The summed E-state index contributed by atoms with van der Waals surface area (Å²) in [6, 6.07) is 8.80. The topological polar surface area (TPSA) is 12.0 Å². The highest BCUT2D eigenvalue weighted by molar-refractivity contribution is 6.30. The van der Waals surface area contributed by atoms with Gasteiger partial charge >= 0.3 is 0 Å². The minimum atomic E-state index is 0.567. The van der Waals surface area contributed by atoms with E-state index in [4.69, 9.17) is 11.6 Å². The van der Waals surface area contributed by atoms with Crippen molar-refractivity contribution in [2.45, 2.75) is 57.9 Å². The van der Waals surface area contributed by atoms with Gasteiger partial charge in [-0.3, -0.25) is 0 Å². The van der Waals surface area contributed by atoms with E-state index in [9.17, 15) is 0 Å². The van der Waals surface area contributed by atoms with Crippen LogP contribution in [0, 0.1) is 0 Å². The maximum absolute atomic E-state index is 6.06. The summed E-state index contributed by atoms with van der Waals surface area (Å²) < 4.78 is 0. The van der Waals surface area contributed by atoms with E-state index in [1.807, 2.05) is 18.2 Å². The average Bonchev–Trinajstić information content (AvgIpc) is 2.44. The molecule has 1 nitrogen and oxygen atoms in total. The molecule has 0 bridgehead atoms. The van der Waals surface area contributed by atoms with Crippen LogP contribution in [0.3, 0.4) is 0 Å². The molecule has 0 aliphatic heterocycles. The van der Waals surface area contributed by atoms with E-state index in [1.54, 1.807) is 0 Å². The van der Waals surface area contributed by atoms with Crippen LogP contribution in [-0.4, -0.2) is 12.6 Å². The molecular formula is C18H28ClN. The Morgan fingerprint density at radius 3 is 2.85 bits per heavy atom. The van der Waals surface area contributed by atoms with E-state index in [-0.39, 0.29) is 0 Å². The molecule has 1 aromatic carbocycles. The SMILES string of the molecule is C=CCCCCCC(Cc1cccc(Cl)c1)NCCC. The highest BCUT2D eigenvalue weighted by Crippen LogP contribution is 2.15. The molecule has 0 saturated heterocycles. The van der Waals surface area contributed by atoms with Gasteiger partial charge in [-0.25, -0.2) is 0 Å². The van der Waals surface area contributed by atoms with E-state index < -0.39 is 0 Å². The highest BCUT2D eigenvalue weighted by atomic mass is 35.5. The highest BCUT2D eigenvalue weighted by Gasteiger charge is 2.08. The zero-order valence-corrected chi connectivity index (χ0v) is 13.5. The molecule has 0 aromatic heterocycles. The van der Waals surface area contributed by atoms with Crippen LogP contribution in [0.2, 0.25) is 5.02 Å². The number of hydrogen-bond donors (Lipinski definition) is 1. The first kappa shape index (κ1) is 17.3. The smallest absolute Gasteiger partial charge is 0.0408 e. The summed E-state index contributed by atoms with van der Waals surface area (Å²) in [7, 11) is 0. The Hall–Kier alpha value is -0.790. The third-order valence-corrected chi connectivity index (χ3v) is 3.75. The molecule has 0 spiro atoms. The Morgan fingerprint density at radius 2 is 2.15 bits per heavy atom. The van der Waals surface area contributed by atoms with Crippen LogP contribution in [0.5, 0.6) is 0 Å². The van der Waals surface area contributed by atoms with Crippen molar-refractivity contribution >= 4 is 11.6 Å². The molecule has 2 heteroatoms. The lowest BCUT2D eigenvalue weighted by Crippen LogP contribution is -2.31. The van der Waals surface area contributed by atoms with Gasteiger partial charge in [0.2, 0.25) is 0 Å². The van der Waals surface area contributed by atoms with Crippen molar-refractivity contribution in [2.24, 2.45) is 0 Å². The van der Waals surface area contributed by atoms with Crippen LogP contribution in [-0.2, 0) is 6.42 Å². The number of hydrogen-bond acceptors (Lipinski definition) is 1. The van der Waals surface area contributed by atoms with Crippen molar-refractivity contribution in [1.29, 1.82) is 0 Å². The van der Waals surface area contributed by atoms with Crippen molar-refractivity contribution in [3.63, 3.8) is 0 Å². The third kappa shape index (κ3) is 7.72. The predicted octanol–water partition coefficient (Wildman–Crippen LogP) is 5.39. The van der Waals surface area contributed by atoms with Gasteiger partial charge in [0, 0.05) is 11.1 Å². The zero-order valence-electron chi connectivity index (χ0n) is 12.7. The van der Waals surface area contributed by atoms with E-state index in [0.717, 1.165) is 24.4 Å². The van der Waals surface area contributed by atoms with Gasteiger partial charge in [0.25, 0.3) is 0 Å². The number of nitrogens with one attached hydrogen (secondary N) is 1. The minimum absolute atomic E-state index is 0.567. The third-order valence-electron chi connectivity index (χ3n) is 3.51. The van der Waals surface area contributed by atoms with E-state index in [1.165, 1.54) is 37.7 Å². The van der Waals surface area contributed by atoms with Crippen molar-refractivity contribution in [3.05, 3.63) is 47.5 Å². The summed E-state index contributed by atoms with van der Waals surface area (Å²) in [5, 5.41) is 4.50. The van der Waals surface area contributed by atoms with Gasteiger partial charge in [-0.2, -0.15) is 0 Å². The fourth-order valence-electron chi connectivity index (χ4n) is 2.43. The van der Waals surface area contributed by atoms with Crippen molar-refractivity contribution < 1.29 is 0 Å². The molecule has 1 rings (SSSR count). The number of unbranched alkanes of at least 4 members (excludes halogenated alkanes) is 3. The summed E-state index contributed by atoms with van der Waals surface area (Å²) in [6.07, 6.45) is 10.5. The number of halogens is 1. The Labute approximate surface area is 129 Å². The van der Waals surface area contributed by atoms with Crippen LogP contribution in [0.25, 0.3) is 0 Å². The first-order valence-electron chi connectivity index (χ1n) is 7.85. The molecule has 0 heterocycles. The van der Waals surface area contributed by atoms with Gasteiger partial charge in [0.1, 0.15) is 0 Å². The lowest BCUT2D eigenvalue weighted by molar-refractivity contribution is 0.454. The molecule has 0 aliphatic rings. The second kappa shape index (κ2) is 10.9. The predicted molar refractivity (Wildman–Crippen MR) is 90.5 cm³/mol. The van der Waals surface area contributed by atoms with Crippen LogP contribution < -0.4 is 5.32 Å².